The van der Waals surface area contributed by atoms with E-state index in [2.05, 4.69) is 20.8 Å². The van der Waals surface area contributed by atoms with E-state index < -0.39 is 0 Å². The van der Waals surface area contributed by atoms with Crippen LogP contribution in [0.4, 0.5) is 5.69 Å². The van der Waals surface area contributed by atoms with Gasteiger partial charge in [-0.1, -0.05) is 0 Å². The molecule has 1 amide bonds. The number of nitrogens with zero attached hydrogens (tertiary/aromatic N) is 1. The van der Waals surface area contributed by atoms with Gasteiger partial charge in [0.1, 0.15) is 0 Å². The second kappa shape index (κ2) is 4.87. The Morgan fingerprint density at radius 3 is 2.82 bits per heavy atom. The Labute approximate surface area is 108 Å². The van der Waals surface area contributed by atoms with E-state index in [1.54, 1.807) is 6.07 Å². The van der Waals surface area contributed by atoms with Crippen LogP contribution in [-0.4, -0.2) is 25.3 Å². The predicted molar refractivity (Wildman–Crippen MR) is 69.0 cm³/mol. The van der Waals surface area contributed by atoms with E-state index in [0.717, 1.165) is 29.4 Å². The van der Waals surface area contributed by atoms with Crippen molar-refractivity contribution >= 4 is 33.8 Å². The van der Waals surface area contributed by atoms with Gasteiger partial charge in [-0.3, -0.25) is 9.59 Å². The lowest BCUT2D eigenvalue weighted by molar-refractivity contribution is -0.121. The summed E-state index contributed by atoms with van der Waals surface area (Å²) < 4.78 is 0.771. The smallest absolute Gasteiger partial charge is 0.222 e. The second-order valence-corrected chi connectivity index (χ2v) is 5.01. The summed E-state index contributed by atoms with van der Waals surface area (Å²) in [6.45, 7) is 1.47. The van der Waals surface area contributed by atoms with Crippen LogP contribution in [-0.2, 0) is 4.79 Å². The number of primary amides is 1. The molecule has 1 heterocycles. The molecule has 0 radical (unpaired) electrons. The number of benzene rings is 1. The number of aldehydes is 1. The van der Waals surface area contributed by atoms with Gasteiger partial charge in [-0.15, -0.1) is 0 Å². The number of anilines is 1. The molecule has 1 aliphatic heterocycles. The Balaban J connectivity index is 2.16. The van der Waals surface area contributed by atoms with Gasteiger partial charge in [0.2, 0.25) is 5.91 Å². The number of hydrogen-bond donors (Lipinski definition) is 1. The van der Waals surface area contributed by atoms with Crippen molar-refractivity contribution in [2.24, 2.45) is 11.7 Å². The molecular weight excluding hydrogens is 284 g/mol. The van der Waals surface area contributed by atoms with E-state index in [4.69, 9.17) is 5.73 Å². The van der Waals surface area contributed by atoms with Gasteiger partial charge in [0.05, 0.1) is 5.92 Å². The molecule has 5 heteroatoms. The summed E-state index contributed by atoms with van der Waals surface area (Å²) in [4.78, 5) is 23.9. The molecule has 2 N–H and O–H groups in total. The van der Waals surface area contributed by atoms with E-state index in [9.17, 15) is 9.59 Å². The third kappa shape index (κ3) is 2.49. The first kappa shape index (κ1) is 12.1. The molecule has 1 fully saturated rings. The summed E-state index contributed by atoms with van der Waals surface area (Å²) in [6.07, 6.45) is 1.60. The lowest BCUT2D eigenvalue weighted by Gasteiger charge is -2.18. The van der Waals surface area contributed by atoms with Gasteiger partial charge in [-0.2, -0.15) is 0 Å². The lowest BCUT2D eigenvalue weighted by Crippen LogP contribution is -2.27. The molecule has 1 unspecified atom stereocenters. The Hall–Kier alpha value is -1.36. The number of halogens is 1. The number of carbonyl (C=O) groups is 2. The average molecular weight is 297 g/mol. The van der Waals surface area contributed by atoms with Crippen LogP contribution in [0.15, 0.2) is 22.7 Å². The fourth-order valence-electron chi connectivity index (χ4n) is 2.04. The molecule has 0 spiro atoms. The molecule has 90 valence electrons. The number of rotatable bonds is 3. The van der Waals surface area contributed by atoms with E-state index >= 15 is 0 Å². The van der Waals surface area contributed by atoms with Crippen molar-refractivity contribution in [3.63, 3.8) is 0 Å². The fraction of sp³-hybridized carbons (Fsp3) is 0.333. The van der Waals surface area contributed by atoms with Crippen molar-refractivity contribution in [1.82, 2.24) is 0 Å². The zero-order valence-electron chi connectivity index (χ0n) is 9.23. The first-order valence-corrected chi connectivity index (χ1v) is 6.20. The van der Waals surface area contributed by atoms with Crippen LogP contribution in [0.1, 0.15) is 16.8 Å². The highest BCUT2D eigenvalue weighted by atomic mass is 79.9. The highest BCUT2D eigenvalue weighted by molar-refractivity contribution is 9.10. The normalized spacial score (nSPS) is 19.4. The third-order valence-corrected chi connectivity index (χ3v) is 3.75. The lowest BCUT2D eigenvalue weighted by atomic mass is 10.1. The SMILES string of the molecule is NC(=O)C1CCN(c2ccc(C=O)c(Br)c2)C1. The molecular formula is C12H13BrN2O2. The van der Waals surface area contributed by atoms with Crippen molar-refractivity contribution in [1.29, 1.82) is 0 Å². The molecule has 1 saturated heterocycles. The minimum Gasteiger partial charge on any atom is -0.371 e. The summed E-state index contributed by atoms with van der Waals surface area (Å²) >= 11 is 3.35. The predicted octanol–water partition coefficient (Wildman–Crippen LogP) is 1.57. The highest BCUT2D eigenvalue weighted by Gasteiger charge is 2.26. The monoisotopic (exact) mass is 296 g/mol. The zero-order chi connectivity index (χ0) is 12.4. The van der Waals surface area contributed by atoms with Crippen molar-refractivity contribution in [2.45, 2.75) is 6.42 Å². The molecule has 1 aromatic rings. The highest BCUT2D eigenvalue weighted by Crippen LogP contribution is 2.27. The molecule has 0 saturated carbocycles. The quantitative estimate of drug-likeness (QED) is 0.861. The van der Waals surface area contributed by atoms with Gasteiger partial charge in [0.15, 0.2) is 6.29 Å². The van der Waals surface area contributed by atoms with Gasteiger partial charge in [-0.05, 0) is 40.5 Å². The van der Waals surface area contributed by atoms with Crippen LogP contribution in [0.2, 0.25) is 0 Å². The number of hydrogen-bond acceptors (Lipinski definition) is 3. The number of amides is 1. The molecule has 1 atom stereocenters. The van der Waals surface area contributed by atoms with Gasteiger partial charge >= 0.3 is 0 Å². The Bertz CT molecular complexity index is 462. The summed E-state index contributed by atoms with van der Waals surface area (Å²) in [5.74, 6) is -0.310. The number of carbonyl (C=O) groups excluding carboxylic acids is 2. The first-order chi connectivity index (χ1) is 8.11. The molecule has 4 nitrogen and oxygen atoms in total. The molecule has 2 rings (SSSR count). The Kier molecular flexibility index (Phi) is 3.47. The topological polar surface area (TPSA) is 63.4 Å². The van der Waals surface area contributed by atoms with Gasteiger partial charge in [0, 0.05) is 28.8 Å². The molecule has 0 aliphatic carbocycles. The maximum absolute atomic E-state index is 11.1. The fourth-order valence-corrected chi connectivity index (χ4v) is 2.50. The van der Waals surface area contributed by atoms with Crippen LogP contribution in [0.3, 0.4) is 0 Å². The molecule has 17 heavy (non-hydrogen) atoms. The van der Waals surface area contributed by atoms with E-state index in [-0.39, 0.29) is 11.8 Å². The summed E-state index contributed by atoms with van der Waals surface area (Å²) in [5, 5.41) is 0. The van der Waals surface area contributed by atoms with Crippen LogP contribution < -0.4 is 10.6 Å². The van der Waals surface area contributed by atoms with Crippen LogP contribution in [0, 0.1) is 5.92 Å². The minimum absolute atomic E-state index is 0.0699. The van der Waals surface area contributed by atoms with Crippen molar-refractivity contribution in [3.05, 3.63) is 28.2 Å². The van der Waals surface area contributed by atoms with Crippen LogP contribution >= 0.6 is 15.9 Å². The minimum atomic E-state index is -0.240. The molecule has 1 aromatic carbocycles. The maximum Gasteiger partial charge on any atom is 0.222 e. The average Bonchev–Trinajstić information content (AvgIpc) is 2.78. The van der Waals surface area contributed by atoms with Crippen molar-refractivity contribution in [3.8, 4) is 0 Å². The Morgan fingerprint density at radius 1 is 1.53 bits per heavy atom. The first-order valence-electron chi connectivity index (χ1n) is 5.41. The van der Waals surface area contributed by atoms with E-state index in [0.29, 0.717) is 12.1 Å². The van der Waals surface area contributed by atoms with E-state index in [1.807, 2.05) is 12.1 Å². The number of nitrogens with two attached hydrogens (primary N) is 1. The van der Waals surface area contributed by atoms with Crippen LogP contribution in [0.25, 0.3) is 0 Å². The van der Waals surface area contributed by atoms with Gasteiger partial charge in [0.25, 0.3) is 0 Å². The molecule has 1 aliphatic rings. The third-order valence-electron chi connectivity index (χ3n) is 3.07. The summed E-state index contributed by atoms with van der Waals surface area (Å²) in [7, 11) is 0. The van der Waals surface area contributed by atoms with Gasteiger partial charge < -0.3 is 10.6 Å². The largest absolute Gasteiger partial charge is 0.371 e. The molecule has 0 bridgehead atoms. The van der Waals surface area contributed by atoms with Gasteiger partial charge in [-0.25, -0.2) is 0 Å². The van der Waals surface area contributed by atoms with Crippen LogP contribution in [0.5, 0.6) is 0 Å². The maximum atomic E-state index is 11.1. The van der Waals surface area contributed by atoms with Crippen molar-refractivity contribution in [2.75, 3.05) is 18.0 Å². The molecule has 0 aromatic heterocycles. The zero-order valence-corrected chi connectivity index (χ0v) is 10.8. The standard InChI is InChI=1S/C12H13BrN2O2/c13-11-5-10(2-1-9(11)7-16)15-4-3-8(6-15)12(14)17/h1-2,5,7-8H,3-4,6H2,(H2,14,17). The van der Waals surface area contributed by atoms with Crippen molar-refractivity contribution < 1.29 is 9.59 Å². The summed E-state index contributed by atoms with van der Waals surface area (Å²) in [5.41, 5.74) is 6.92. The Morgan fingerprint density at radius 2 is 2.29 bits per heavy atom. The summed E-state index contributed by atoms with van der Waals surface area (Å²) in [6, 6.07) is 5.55. The van der Waals surface area contributed by atoms with E-state index in [1.165, 1.54) is 0 Å². The second-order valence-electron chi connectivity index (χ2n) is 4.16.